The largest absolute Gasteiger partial charge is 0.364 e. The van der Waals surface area contributed by atoms with Crippen LogP contribution < -0.4 is 10.2 Å². The van der Waals surface area contributed by atoms with E-state index in [9.17, 15) is 0 Å². The second kappa shape index (κ2) is 6.27. The van der Waals surface area contributed by atoms with Crippen LogP contribution in [0.4, 0.5) is 5.69 Å². The van der Waals surface area contributed by atoms with Crippen molar-refractivity contribution in [1.82, 2.24) is 5.32 Å². The van der Waals surface area contributed by atoms with Gasteiger partial charge in [0, 0.05) is 25.2 Å². The van der Waals surface area contributed by atoms with E-state index < -0.39 is 0 Å². The third-order valence-corrected chi connectivity index (χ3v) is 4.82. The molecule has 0 bridgehead atoms. The van der Waals surface area contributed by atoms with Gasteiger partial charge in [-0.05, 0) is 24.6 Å². The van der Waals surface area contributed by atoms with Crippen molar-refractivity contribution in [3.8, 4) is 0 Å². The van der Waals surface area contributed by atoms with Crippen LogP contribution in [0.2, 0.25) is 10.0 Å². The van der Waals surface area contributed by atoms with Gasteiger partial charge in [0.15, 0.2) is 0 Å². The van der Waals surface area contributed by atoms with Crippen LogP contribution >= 0.6 is 23.2 Å². The lowest BCUT2D eigenvalue weighted by atomic mass is 10.0. The van der Waals surface area contributed by atoms with Gasteiger partial charge in [-0.2, -0.15) is 0 Å². The number of nitrogens with one attached hydrogen (secondary N) is 1. The lowest BCUT2D eigenvalue weighted by Gasteiger charge is -2.41. The molecule has 1 fully saturated rings. The van der Waals surface area contributed by atoms with Crippen molar-refractivity contribution < 1.29 is 0 Å². The zero-order valence-corrected chi connectivity index (χ0v) is 13.4. The minimum absolute atomic E-state index is 0.303. The van der Waals surface area contributed by atoms with E-state index >= 15 is 0 Å². The van der Waals surface area contributed by atoms with E-state index in [1.807, 2.05) is 24.3 Å². The van der Waals surface area contributed by atoms with Gasteiger partial charge in [-0.25, -0.2) is 0 Å². The zero-order valence-electron chi connectivity index (χ0n) is 11.9. The molecule has 0 spiro atoms. The Bertz CT molecular complexity index is 615. The molecular formula is C17H18Cl2N2. The van der Waals surface area contributed by atoms with Crippen LogP contribution in [-0.4, -0.2) is 19.1 Å². The number of benzene rings is 2. The molecule has 0 saturated carbocycles. The number of piperazine rings is 1. The first-order valence-electron chi connectivity index (χ1n) is 7.16. The summed E-state index contributed by atoms with van der Waals surface area (Å²) in [6.45, 7) is 4.00. The summed E-state index contributed by atoms with van der Waals surface area (Å²) in [7, 11) is 0. The van der Waals surface area contributed by atoms with Gasteiger partial charge in [0.05, 0.1) is 15.7 Å². The fourth-order valence-corrected chi connectivity index (χ4v) is 3.23. The van der Waals surface area contributed by atoms with Gasteiger partial charge in [-0.1, -0.05) is 59.6 Å². The van der Waals surface area contributed by atoms with Gasteiger partial charge in [0.2, 0.25) is 0 Å². The van der Waals surface area contributed by atoms with Gasteiger partial charge in [0.25, 0.3) is 0 Å². The van der Waals surface area contributed by atoms with Crippen LogP contribution in [0, 0.1) is 0 Å². The highest BCUT2D eigenvalue weighted by Crippen LogP contribution is 2.35. The van der Waals surface area contributed by atoms with E-state index in [0.717, 1.165) is 18.8 Å². The maximum atomic E-state index is 6.39. The van der Waals surface area contributed by atoms with Crippen LogP contribution in [-0.2, 0) is 0 Å². The molecule has 1 saturated heterocycles. The predicted molar refractivity (Wildman–Crippen MR) is 90.5 cm³/mol. The third-order valence-electron chi connectivity index (χ3n) is 4.01. The zero-order chi connectivity index (χ0) is 14.8. The number of anilines is 1. The molecule has 0 radical (unpaired) electrons. The average Bonchev–Trinajstić information content (AvgIpc) is 2.52. The fourth-order valence-electron chi connectivity index (χ4n) is 2.82. The van der Waals surface area contributed by atoms with Crippen molar-refractivity contribution in [1.29, 1.82) is 0 Å². The third kappa shape index (κ3) is 3.03. The summed E-state index contributed by atoms with van der Waals surface area (Å²) >= 11 is 12.6. The smallest absolute Gasteiger partial charge is 0.0825 e. The first kappa shape index (κ1) is 14.7. The SMILES string of the molecule is CC1CNC(c2ccccc2)CN1c1cccc(Cl)c1Cl. The Hall–Kier alpha value is -1.22. The summed E-state index contributed by atoms with van der Waals surface area (Å²) in [4.78, 5) is 2.34. The van der Waals surface area contributed by atoms with Crippen LogP contribution in [0.5, 0.6) is 0 Å². The van der Waals surface area contributed by atoms with Crippen LogP contribution in [0.3, 0.4) is 0 Å². The van der Waals surface area contributed by atoms with Gasteiger partial charge < -0.3 is 10.2 Å². The minimum Gasteiger partial charge on any atom is -0.364 e. The molecule has 2 atom stereocenters. The molecular weight excluding hydrogens is 303 g/mol. The molecule has 2 aromatic carbocycles. The van der Waals surface area contributed by atoms with Crippen molar-refractivity contribution in [2.45, 2.75) is 19.0 Å². The molecule has 0 aliphatic carbocycles. The average molecular weight is 321 g/mol. The topological polar surface area (TPSA) is 15.3 Å². The van der Waals surface area contributed by atoms with Crippen molar-refractivity contribution in [3.05, 3.63) is 64.1 Å². The van der Waals surface area contributed by atoms with Gasteiger partial charge in [-0.15, -0.1) is 0 Å². The number of hydrogen-bond donors (Lipinski definition) is 1. The molecule has 3 rings (SSSR count). The van der Waals surface area contributed by atoms with Crippen molar-refractivity contribution >= 4 is 28.9 Å². The van der Waals surface area contributed by atoms with Crippen LogP contribution in [0.25, 0.3) is 0 Å². The van der Waals surface area contributed by atoms with Crippen molar-refractivity contribution in [3.63, 3.8) is 0 Å². The first-order valence-corrected chi connectivity index (χ1v) is 7.91. The predicted octanol–water partition coefficient (Wildman–Crippen LogP) is 4.53. The van der Waals surface area contributed by atoms with E-state index in [0.29, 0.717) is 22.1 Å². The molecule has 1 heterocycles. The molecule has 1 N–H and O–H groups in total. The standard InChI is InChI=1S/C17H18Cl2N2/c1-12-10-20-15(13-6-3-2-4-7-13)11-21(12)16-9-5-8-14(18)17(16)19/h2-9,12,15,20H,10-11H2,1H3. The molecule has 1 aliphatic heterocycles. The summed E-state index contributed by atoms with van der Waals surface area (Å²) in [6, 6.07) is 17.0. The summed E-state index contributed by atoms with van der Waals surface area (Å²) in [5.74, 6) is 0. The summed E-state index contributed by atoms with van der Waals surface area (Å²) < 4.78 is 0. The molecule has 21 heavy (non-hydrogen) atoms. The second-order valence-corrected chi connectivity index (χ2v) is 6.23. The normalized spacial score (nSPS) is 22.3. The summed E-state index contributed by atoms with van der Waals surface area (Å²) in [5, 5.41) is 4.85. The van der Waals surface area contributed by atoms with Gasteiger partial charge >= 0.3 is 0 Å². The molecule has 2 nitrogen and oxygen atoms in total. The molecule has 4 heteroatoms. The number of halogens is 2. The Morgan fingerprint density at radius 3 is 2.57 bits per heavy atom. The van der Waals surface area contributed by atoms with E-state index in [1.54, 1.807) is 0 Å². The molecule has 1 aliphatic rings. The Kier molecular flexibility index (Phi) is 4.39. The van der Waals surface area contributed by atoms with Crippen LogP contribution in [0.1, 0.15) is 18.5 Å². The molecule has 0 aromatic heterocycles. The number of rotatable bonds is 2. The molecule has 0 amide bonds. The van der Waals surface area contributed by atoms with E-state index in [2.05, 4.69) is 41.4 Å². The molecule has 110 valence electrons. The van der Waals surface area contributed by atoms with Crippen molar-refractivity contribution in [2.24, 2.45) is 0 Å². The maximum absolute atomic E-state index is 6.39. The Balaban J connectivity index is 1.89. The number of hydrogen-bond acceptors (Lipinski definition) is 2. The van der Waals surface area contributed by atoms with Gasteiger partial charge in [-0.3, -0.25) is 0 Å². The Labute approximate surface area is 135 Å². The van der Waals surface area contributed by atoms with Crippen molar-refractivity contribution in [2.75, 3.05) is 18.0 Å². The maximum Gasteiger partial charge on any atom is 0.0825 e. The lowest BCUT2D eigenvalue weighted by Crippen LogP contribution is -2.51. The monoisotopic (exact) mass is 320 g/mol. The Morgan fingerprint density at radius 1 is 1.05 bits per heavy atom. The highest BCUT2D eigenvalue weighted by molar-refractivity contribution is 6.43. The van der Waals surface area contributed by atoms with E-state index in [1.165, 1.54) is 5.56 Å². The van der Waals surface area contributed by atoms with Crippen LogP contribution in [0.15, 0.2) is 48.5 Å². The number of nitrogens with zero attached hydrogens (tertiary/aromatic N) is 1. The minimum atomic E-state index is 0.303. The highest BCUT2D eigenvalue weighted by atomic mass is 35.5. The Morgan fingerprint density at radius 2 is 1.81 bits per heavy atom. The fraction of sp³-hybridized carbons (Fsp3) is 0.294. The molecule has 2 unspecified atom stereocenters. The van der Waals surface area contributed by atoms with E-state index in [-0.39, 0.29) is 0 Å². The summed E-state index contributed by atoms with van der Waals surface area (Å²) in [5.41, 5.74) is 2.31. The quantitative estimate of drug-likeness (QED) is 0.874. The van der Waals surface area contributed by atoms with Gasteiger partial charge in [0.1, 0.15) is 0 Å². The second-order valence-electron chi connectivity index (χ2n) is 5.45. The highest BCUT2D eigenvalue weighted by Gasteiger charge is 2.27. The van der Waals surface area contributed by atoms with E-state index in [4.69, 9.17) is 23.2 Å². The first-order chi connectivity index (χ1) is 10.2. The summed E-state index contributed by atoms with van der Waals surface area (Å²) in [6.07, 6.45) is 0. The molecule has 2 aromatic rings. The lowest BCUT2D eigenvalue weighted by molar-refractivity contribution is 0.414.